The number of alkyl carbamates (subject to hydrolysis) is 1. The molecule has 0 radical (unpaired) electrons. The lowest BCUT2D eigenvalue weighted by Gasteiger charge is -2.20. The van der Waals surface area contributed by atoms with Gasteiger partial charge in [0, 0.05) is 31.3 Å². The van der Waals surface area contributed by atoms with E-state index in [4.69, 9.17) is 14.2 Å². The molecule has 0 bridgehead atoms. The second-order valence-electron chi connectivity index (χ2n) is 8.94. The first-order valence-corrected chi connectivity index (χ1v) is 11.8. The van der Waals surface area contributed by atoms with Gasteiger partial charge in [0.2, 0.25) is 15.9 Å². The van der Waals surface area contributed by atoms with Gasteiger partial charge >= 0.3 is 12.1 Å². The fourth-order valence-electron chi connectivity index (χ4n) is 3.71. The number of esters is 1. The average molecular weight is 486 g/mol. The molecule has 182 valence electrons. The lowest BCUT2D eigenvalue weighted by molar-refractivity contribution is -0.143. The number of fused-ring (bicyclic) bond motifs is 1. The van der Waals surface area contributed by atoms with Gasteiger partial charge in [-0.2, -0.15) is 4.31 Å². The van der Waals surface area contributed by atoms with Crippen LogP contribution in [0.2, 0.25) is 0 Å². The number of piperidine rings is 1. The minimum atomic E-state index is -3.75. The Morgan fingerprint density at radius 1 is 1.27 bits per heavy atom. The average Bonchev–Trinajstić information content (AvgIpc) is 3.24. The van der Waals surface area contributed by atoms with Crippen LogP contribution in [0.15, 0.2) is 35.1 Å². The second-order valence-corrected chi connectivity index (χ2v) is 10.9. The summed E-state index contributed by atoms with van der Waals surface area (Å²) in [5.74, 6) is -0.447. The summed E-state index contributed by atoms with van der Waals surface area (Å²) in [4.78, 5) is 27.3. The zero-order chi connectivity index (χ0) is 24.4. The van der Waals surface area contributed by atoms with E-state index in [2.05, 4.69) is 10.3 Å². The highest BCUT2D eigenvalue weighted by molar-refractivity contribution is 7.89. The van der Waals surface area contributed by atoms with Crippen LogP contribution in [0.25, 0.3) is 0 Å². The van der Waals surface area contributed by atoms with Gasteiger partial charge in [0.1, 0.15) is 17.1 Å². The Morgan fingerprint density at radius 2 is 1.94 bits per heavy atom. The van der Waals surface area contributed by atoms with Gasteiger partial charge in [0.15, 0.2) is 0 Å². The van der Waals surface area contributed by atoms with Crippen molar-refractivity contribution in [3.05, 3.63) is 30.2 Å². The topological polar surface area (TPSA) is 124 Å². The van der Waals surface area contributed by atoms with Crippen LogP contribution in [-0.4, -0.2) is 68.7 Å². The number of carbonyl (C=O) groups is 2. The molecule has 1 saturated carbocycles. The number of methoxy groups -OCH3 is 1. The van der Waals surface area contributed by atoms with E-state index < -0.39 is 21.7 Å². The van der Waals surface area contributed by atoms with E-state index in [-0.39, 0.29) is 66.3 Å². The van der Waals surface area contributed by atoms with Crippen molar-refractivity contribution in [1.29, 1.82) is 0 Å². The molecule has 1 aromatic heterocycles. The standard InChI is InChI=1S/C21H28FN3O7S/c1-21(2,3)32-20(27)24-8-13(7-22)12-31-17-6-5-14(9-23-17)33(28,29)25-10-15-16(11-25)18(15)19(26)30-4/h5-7,9,15-16,18H,8,10-12H2,1-4H3,(H,24,27)/b13-7+/t15-,16+,18+. The van der Waals surface area contributed by atoms with Crippen molar-refractivity contribution >= 4 is 22.1 Å². The summed E-state index contributed by atoms with van der Waals surface area (Å²) < 4.78 is 55.3. The fraction of sp³-hybridized carbons (Fsp3) is 0.571. The van der Waals surface area contributed by atoms with E-state index in [1.54, 1.807) is 20.8 Å². The molecular formula is C21H28FN3O7S. The summed E-state index contributed by atoms with van der Waals surface area (Å²) >= 11 is 0. The third kappa shape index (κ3) is 5.99. The van der Waals surface area contributed by atoms with Crippen molar-refractivity contribution in [1.82, 2.24) is 14.6 Å². The summed E-state index contributed by atoms with van der Waals surface area (Å²) in [6.07, 6.45) is 0.799. The Morgan fingerprint density at radius 3 is 2.45 bits per heavy atom. The van der Waals surface area contributed by atoms with Crippen molar-refractivity contribution in [2.45, 2.75) is 31.3 Å². The summed E-state index contributed by atoms with van der Waals surface area (Å²) in [7, 11) is -2.43. The predicted molar refractivity (Wildman–Crippen MR) is 114 cm³/mol. The number of hydrogen-bond acceptors (Lipinski definition) is 8. The molecule has 0 spiro atoms. The molecule has 0 unspecified atom stereocenters. The number of nitrogens with zero attached hydrogens (tertiary/aromatic N) is 2. The van der Waals surface area contributed by atoms with Crippen molar-refractivity contribution in [2.75, 3.05) is 33.4 Å². The fourth-order valence-corrected chi connectivity index (χ4v) is 5.17. The van der Waals surface area contributed by atoms with Crippen LogP contribution in [0.4, 0.5) is 9.18 Å². The molecule has 0 aromatic carbocycles. The van der Waals surface area contributed by atoms with Crippen LogP contribution in [0.1, 0.15) is 20.8 Å². The van der Waals surface area contributed by atoms with Gasteiger partial charge in [-0.3, -0.25) is 4.79 Å². The highest BCUT2D eigenvalue weighted by Gasteiger charge is 2.62. The van der Waals surface area contributed by atoms with Gasteiger partial charge in [0.05, 0.1) is 25.6 Å². The number of halogens is 1. The van der Waals surface area contributed by atoms with E-state index >= 15 is 0 Å². The maximum atomic E-state index is 13.1. The summed E-state index contributed by atoms with van der Waals surface area (Å²) in [6, 6.07) is 2.73. The number of amides is 1. The van der Waals surface area contributed by atoms with Gasteiger partial charge in [-0.25, -0.2) is 22.6 Å². The zero-order valence-electron chi connectivity index (χ0n) is 18.9. The van der Waals surface area contributed by atoms with E-state index in [1.807, 2.05) is 0 Å². The molecule has 12 heteroatoms. The first kappa shape index (κ1) is 24.9. The van der Waals surface area contributed by atoms with Gasteiger partial charge in [-0.05, 0) is 38.7 Å². The first-order valence-electron chi connectivity index (χ1n) is 10.4. The second kappa shape index (κ2) is 9.64. The lowest BCUT2D eigenvalue weighted by Crippen LogP contribution is -2.34. The normalized spacial score (nSPS) is 22.9. The predicted octanol–water partition coefficient (Wildman–Crippen LogP) is 1.88. The van der Waals surface area contributed by atoms with E-state index in [0.717, 1.165) is 0 Å². The third-order valence-electron chi connectivity index (χ3n) is 5.40. The molecular weight excluding hydrogens is 457 g/mol. The van der Waals surface area contributed by atoms with Crippen LogP contribution in [-0.2, 0) is 24.3 Å². The molecule has 3 atom stereocenters. The Labute approximate surface area is 192 Å². The Kier molecular flexibility index (Phi) is 7.27. The monoisotopic (exact) mass is 485 g/mol. The van der Waals surface area contributed by atoms with Crippen LogP contribution in [0.3, 0.4) is 0 Å². The van der Waals surface area contributed by atoms with E-state index in [9.17, 15) is 22.4 Å². The molecule has 1 amide bonds. The largest absolute Gasteiger partial charge is 0.473 e. The van der Waals surface area contributed by atoms with Crippen molar-refractivity contribution in [2.24, 2.45) is 17.8 Å². The maximum absolute atomic E-state index is 13.1. The minimum absolute atomic E-state index is 0.00128. The maximum Gasteiger partial charge on any atom is 0.407 e. The van der Waals surface area contributed by atoms with Gasteiger partial charge in [-0.15, -0.1) is 0 Å². The number of carbonyl (C=O) groups excluding carboxylic acids is 2. The van der Waals surface area contributed by atoms with Gasteiger partial charge < -0.3 is 19.5 Å². The highest BCUT2D eigenvalue weighted by atomic mass is 32.2. The Balaban J connectivity index is 1.50. The number of nitrogens with one attached hydrogen (secondary N) is 1. The first-order chi connectivity index (χ1) is 15.5. The van der Waals surface area contributed by atoms with Gasteiger partial charge in [-0.1, -0.05) is 0 Å². The Hall–Kier alpha value is -2.73. The minimum Gasteiger partial charge on any atom is -0.473 e. The molecule has 1 N–H and O–H groups in total. The van der Waals surface area contributed by atoms with Crippen LogP contribution in [0.5, 0.6) is 5.88 Å². The van der Waals surface area contributed by atoms with E-state index in [0.29, 0.717) is 6.33 Å². The lowest BCUT2D eigenvalue weighted by atomic mass is 10.2. The molecule has 10 nitrogen and oxygen atoms in total. The van der Waals surface area contributed by atoms with Crippen LogP contribution in [0, 0.1) is 17.8 Å². The summed E-state index contributed by atoms with van der Waals surface area (Å²) in [6.45, 7) is 5.34. The quantitative estimate of drug-likeness (QED) is 0.554. The summed E-state index contributed by atoms with van der Waals surface area (Å²) in [5, 5.41) is 2.42. The van der Waals surface area contributed by atoms with E-state index in [1.165, 1.54) is 29.7 Å². The molecule has 1 aliphatic heterocycles. The molecule has 2 aliphatic rings. The molecule has 3 rings (SSSR count). The number of rotatable bonds is 8. The smallest absolute Gasteiger partial charge is 0.407 e. The molecule has 2 heterocycles. The highest BCUT2D eigenvalue weighted by Crippen LogP contribution is 2.53. The van der Waals surface area contributed by atoms with Crippen molar-refractivity contribution in [3.63, 3.8) is 0 Å². The molecule has 1 aromatic rings. The van der Waals surface area contributed by atoms with Crippen LogP contribution >= 0.6 is 0 Å². The summed E-state index contributed by atoms with van der Waals surface area (Å²) in [5.41, 5.74) is -0.541. The number of pyridine rings is 1. The molecule has 1 aliphatic carbocycles. The van der Waals surface area contributed by atoms with Crippen molar-refractivity contribution < 1.29 is 36.6 Å². The van der Waals surface area contributed by atoms with Gasteiger partial charge in [0.25, 0.3) is 0 Å². The molecule has 1 saturated heterocycles. The van der Waals surface area contributed by atoms with Crippen molar-refractivity contribution in [3.8, 4) is 5.88 Å². The number of aromatic nitrogens is 1. The molecule has 2 fully saturated rings. The third-order valence-corrected chi connectivity index (χ3v) is 7.21. The van der Waals surface area contributed by atoms with Crippen LogP contribution < -0.4 is 10.1 Å². The number of ether oxygens (including phenoxy) is 3. The Bertz CT molecular complexity index is 1010. The number of sulfonamides is 1. The number of hydrogen-bond donors (Lipinski definition) is 1. The molecule has 33 heavy (non-hydrogen) atoms. The SMILES string of the molecule is COC(=O)[C@H]1[C@@H]2CN(S(=O)(=O)c3ccc(OC/C(=C/F)CNC(=O)OC(C)(C)C)nc3)C[C@@H]21. The zero-order valence-corrected chi connectivity index (χ0v) is 19.7.